The number of benzene rings is 1. The Kier molecular flexibility index (Phi) is 7.58. The highest BCUT2D eigenvalue weighted by Crippen LogP contribution is 2.38. The molecule has 6 heteroatoms. The zero-order valence-corrected chi connectivity index (χ0v) is 16.9. The SMILES string of the molecule is N#CC(F)=C[C@H]1CC[C@H](C=C[C@H]2CC[C@H](c3ccc(OC(F)(F)F)cc3)CC2)CC1. The number of hydrogen-bond donors (Lipinski definition) is 0. The molecule has 2 aliphatic rings. The van der Waals surface area contributed by atoms with Crippen molar-refractivity contribution in [3.05, 3.63) is 53.9 Å². The van der Waals surface area contributed by atoms with Crippen molar-refractivity contribution in [3.63, 3.8) is 0 Å². The van der Waals surface area contributed by atoms with Crippen molar-refractivity contribution in [3.8, 4) is 11.8 Å². The first-order valence-corrected chi connectivity index (χ1v) is 10.6. The molecule has 2 fully saturated rings. The second kappa shape index (κ2) is 10.1. The highest BCUT2D eigenvalue weighted by molar-refractivity contribution is 5.30. The predicted molar refractivity (Wildman–Crippen MR) is 107 cm³/mol. The van der Waals surface area contributed by atoms with E-state index in [0.717, 1.165) is 56.9 Å². The van der Waals surface area contributed by atoms with Crippen LogP contribution in [0.1, 0.15) is 62.8 Å². The summed E-state index contributed by atoms with van der Waals surface area (Å²) in [5.74, 6) is 0.780. The Morgan fingerprint density at radius 3 is 1.87 bits per heavy atom. The lowest BCUT2D eigenvalue weighted by atomic mass is 9.77. The van der Waals surface area contributed by atoms with Gasteiger partial charge in [0.15, 0.2) is 5.83 Å². The van der Waals surface area contributed by atoms with Crippen molar-refractivity contribution in [1.82, 2.24) is 0 Å². The third-order valence-corrected chi connectivity index (χ3v) is 6.32. The predicted octanol–water partition coefficient (Wildman–Crippen LogP) is 7.60. The molecular formula is C24H27F4NO. The van der Waals surface area contributed by atoms with Crippen LogP contribution in [0.3, 0.4) is 0 Å². The number of alkyl halides is 3. The summed E-state index contributed by atoms with van der Waals surface area (Å²) in [6.45, 7) is 0. The molecule has 0 N–H and O–H groups in total. The summed E-state index contributed by atoms with van der Waals surface area (Å²) in [6.07, 6.45) is 9.55. The molecule has 2 saturated carbocycles. The van der Waals surface area contributed by atoms with Crippen LogP contribution in [0, 0.1) is 29.1 Å². The van der Waals surface area contributed by atoms with E-state index in [9.17, 15) is 17.6 Å². The normalized spacial score (nSPS) is 28.3. The second-order valence-electron chi connectivity index (χ2n) is 8.41. The molecule has 3 rings (SSSR count). The van der Waals surface area contributed by atoms with Gasteiger partial charge in [0.2, 0.25) is 0 Å². The zero-order chi connectivity index (χ0) is 21.6. The summed E-state index contributed by atoms with van der Waals surface area (Å²) in [4.78, 5) is 0. The summed E-state index contributed by atoms with van der Waals surface area (Å²) < 4.78 is 53.8. The molecule has 0 saturated heterocycles. The van der Waals surface area contributed by atoms with Gasteiger partial charge in [-0.25, -0.2) is 0 Å². The van der Waals surface area contributed by atoms with Gasteiger partial charge in [-0.3, -0.25) is 0 Å². The van der Waals surface area contributed by atoms with Gasteiger partial charge in [-0.15, -0.1) is 13.2 Å². The van der Waals surface area contributed by atoms with E-state index in [1.807, 2.05) is 0 Å². The Balaban J connectivity index is 1.42. The fourth-order valence-electron chi connectivity index (χ4n) is 4.65. The van der Waals surface area contributed by atoms with Crippen molar-refractivity contribution in [2.75, 3.05) is 0 Å². The molecule has 0 aromatic heterocycles. The lowest BCUT2D eigenvalue weighted by Gasteiger charge is -2.28. The lowest BCUT2D eigenvalue weighted by Crippen LogP contribution is -2.17. The molecule has 1 aromatic rings. The molecule has 30 heavy (non-hydrogen) atoms. The lowest BCUT2D eigenvalue weighted by molar-refractivity contribution is -0.274. The van der Waals surface area contributed by atoms with Gasteiger partial charge in [-0.2, -0.15) is 9.65 Å². The number of allylic oxidation sites excluding steroid dienone is 4. The molecule has 1 aromatic carbocycles. The average molecular weight is 421 g/mol. The minimum absolute atomic E-state index is 0.177. The monoisotopic (exact) mass is 421 g/mol. The van der Waals surface area contributed by atoms with Gasteiger partial charge in [-0.05, 0) is 98.8 Å². The fraction of sp³-hybridized carbons (Fsp3) is 0.542. The molecule has 0 bridgehead atoms. The Labute approximate surface area is 175 Å². The van der Waals surface area contributed by atoms with E-state index in [0.29, 0.717) is 17.8 Å². The van der Waals surface area contributed by atoms with Crippen molar-refractivity contribution in [2.45, 2.75) is 63.6 Å². The second-order valence-corrected chi connectivity index (χ2v) is 8.41. The van der Waals surface area contributed by atoms with E-state index < -0.39 is 12.2 Å². The summed E-state index contributed by atoms with van der Waals surface area (Å²) in [5.41, 5.74) is 1.07. The van der Waals surface area contributed by atoms with Gasteiger partial charge in [0.1, 0.15) is 11.8 Å². The van der Waals surface area contributed by atoms with Crippen LogP contribution in [-0.2, 0) is 0 Å². The molecule has 0 aliphatic heterocycles. The van der Waals surface area contributed by atoms with Crippen LogP contribution in [0.4, 0.5) is 17.6 Å². The van der Waals surface area contributed by atoms with Crippen LogP contribution in [0.2, 0.25) is 0 Å². The molecule has 0 amide bonds. The topological polar surface area (TPSA) is 33.0 Å². The maximum Gasteiger partial charge on any atom is 0.573 e. The maximum absolute atomic E-state index is 13.1. The molecule has 2 aliphatic carbocycles. The van der Waals surface area contributed by atoms with Crippen LogP contribution in [0.15, 0.2) is 48.3 Å². The average Bonchev–Trinajstić information content (AvgIpc) is 2.73. The van der Waals surface area contributed by atoms with E-state index in [1.54, 1.807) is 18.2 Å². The van der Waals surface area contributed by atoms with Crippen molar-refractivity contribution in [1.29, 1.82) is 5.26 Å². The van der Waals surface area contributed by atoms with Crippen LogP contribution in [0.5, 0.6) is 5.75 Å². The van der Waals surface area contributed by atoms with Crippen LogP contribution >= 0.6 is 0 Å². The third-order valence-electron chi connectivity index (χ3n) is 6.32. The van der Waals surface area contributed by atoms with Gasteiger partial charge in [0.25, 0.3) is 0 Å². The first kappa shape index (κ1) is 22.4. The molecule has 0 radical (unpaired) electrons. The molecular weight excluding hydrogens is 394 g/mol. The minimum atomic E-state index is -4.66. The largest absolute Gasteiger partial charge is 0.573 e. The number of rotatable bonds is 5. The standard InChI is InChI=1S/C24H27F4NO/c25-22(16-29)15-19-5-3-17(4-6-19)1-2-18-7-9-20(10-8-18)21-11-13-23(14-12-21)30-24(26,27)28/h1-2,11-15,17-20H,3-10H2/t17-,18-,19-,20-. The summed E-state index contributed by atoms with van der Waals surface area (Å²) in [5, 5.41) is 8.54. The van der Waals surface area contributed by atoms with Crippen LogP contribution in [0.25, 0.3) is 0 Å². The molecule has 0 spiro atoms. The van der Waals surface area contributed by atoms with Gasteiger partial charge in [0.05, 0.1) is 0 Å². The van der Waals surface area contributed by atoms with E-state index in [1.165, 1.54) is 18.2 Å². The Morgan fingerprint density at radius 2 is 1.37 bits per heavy atom. The van der Waals surface area contributed by atoms with E-state index >= 15 is 0 Å². The minimum Gasteiger partial charge on any atom is -0.406 e. The smallest absolute Gasteiger partial charge is 0.406 e. The number of hydrogen-bond acceptors (Lipinski definition) is 2. The third kappa shape index (κ3) is 6.90. The summed E-state index contributed by atoms with van der Waals surface area (Å²) in [7, 11) is 0. The van der Waals surface area contributed by atoms with Crippen LogP contribution in [-0.4, -0.2) is 6.36 Å². The highest BCUT2D eigenvalue weighted by atomic mass is 19.4. The molecule has 2 nitrogen and oxygen atoms in total. The zero-order valence-electron chi connectivity index (χ0n) is 16.9. The Morgan fingerprint density at radius 1 is 0.867 bits per heavy atom. The first-order valence-electron chi connectivity index (χ1n) is 10.6. The Hall–Kier alpha value is -2.29. The van der Waals surface area contributed by atoms with Gasteiger partial charge < -0.3 is 4.74 Å². The Bertz CT molecular complexity index is 775. The first-order chi connectivity index (χ1) is 14.3. The number of halogens is 4. The van der Waals surface area contributed by atoms with Crippen molar-refractivity contribution >= 4 is 0 Å². The maximum atomic E-state index is 13.1. The van der Waals surface area contributed by atoms with E-state index in [4.69, 9.17) is 5.26 Å². The molecule has 0 heterocycles. The molecule has 162 valence electrons. The fourth-order valence-corrected chi connectivity index (χ4v) is 4.65. The van der Waals surface area contributed by atoms with Gasteiger partial charge in [-0.1, -0.05) is 24.3 Å². The summed E-state index contributed by atoms with van der Waals surface area (Å²) >= 11 is 0. The van der Waals surface area contributed by atoms with E-state index in [2.05, 4.69) is 16.9 Å². The number of nitrogens with zero attached hydrogens (tertiary/aromatic N) is 1. The molecule has 0 atom stereocenters. The quantitative estimate of drug-likeness (QED) is 0.279. The van der Waals surface area contributed by atoms with Gasteiger partial charge in [0, 0.05) is 0 Å². The van der Waals surface area contributed by atoms with Crippen molar-refractivity contribution in [2.24, 2.45) is 17.8 Å². The van der Waals surface area contributed by atoms with E-state index in [-0.39, 0.29) is 11.7 Å². The highest BCUT2D eigenvalue weighted by Gasteiger charge is 2.31. The number of nitriles is 1. The molecule has 0 unspecified atom stereocenters. The summed E-state index contributed by atoms with van der Waals surface area (Å²) in [6, 6.07) is 7.81. The number of ether oxygens (including phenoxy) is 1. The van der Waals surface area contributed by atoms with Gasteiger partial charge >= 0.3 is 6.36 Å². The van der Waals surface area contributed by atoms with Crippen molar-refractivity contribution < 1.29 is 22.3 Å². The van der Waals surface area contributed by atoms with Crippen LogP contribution < -0.4 is 4.74 Å².